The summed E-state index contributed by atoms with van der Waals surface area (Å²) in [4.78, 5) is 2.46. The molecule has 0 spiro atoms. The van der Waals surface area contributed by atoms with Gasteiger partial charge in [0.15, 0.2) is 0 Å². The van der Waals surface area contributed by atoms with Crippen LogP contribution < -0.4 is 4.72 Å². The Hall–Kier alpha value is -0.430. The van der Waals surface area contributed by atoms with Crippen LogP contribution in [0.5, 0.6) is 0 Å². The Labute approximate surface area is 117 Å². The summed E-state index contributed by atoms with van der Waals surface area (Å²) in [7, 11) is -1.38. The van der Waals surface area contributed by atoms with Crippen molar-refractivity contribution >= 4 is 26.0 Å². The molecule has 1 aromatic carbocycles. The van der Waals surface area contributed by atoms with Crippen LogP contribution in [0.15, 0.2) is 29.2 Å². The van der Waals surface area contributed by atoms with E-state index < -0.39 is 10.0 Å². The number of sulfonamides is 1. The summed E-state index contributed by atoms with van der Waals surface area (Å²) in [5.74, 6) is 0. The van der Waals surface area contributed by atoms with Gasteiger partial charge in [0.2, 0.25) is 10.0 Å². The van der Waals surface area contributed by atoms with E-state index in [-0.39, 0.29) is 6.04 Å². The maximum atomic E-state index is 12.2. The number of benzene rings is 1. The Kier molecular flexibility index (Phi) is 4.42. The number of nitrogens with zero attached hydrogens (tertiary/aromatic N) is 1. The molecule has 0 bridgehead atoms. The van der Waals surface area contributed by atoms with Gasteiger partial charge in [-0.05, 0) is 37.7 Å². The van der Waals surface area contributed by atoms with E-state index in [0.29, 0.717) is 4.90 Å². The molecule has 1 aliphatic rings. The zero-order chi connectivity index (χ0) is 13.2. The molecule has 1 aliphatic heterocycles. The second-order valence-electron chi connectivity index (χ2n) is 4.65. The second kappa shape index (κ2) is 5.69. The molecule has 4 nitrogen and oxygen atoms in total. The van der Waals surface area contributed by atoms with Gasteiger partial charge in [0.25, 0.3) is 0 Å². The van der Waals surface area contributed by atoms with E-state index >= 15 is 0 Å². The molecular weight excluding hydrogens is 316 g/mol. The van der Waals surface area contributed by atoms with Crippen LogP contribution in [0, 0.1) is 0 Å². The molecule has 1 fully saturated rings. The minimum Gasteiger partial charge on any atom is -0.305 e. The first-order valence-corrected chi connectivity index (χ1v) is 8.47. The molecule has 1 saturated heterocycles. The van der Waals surface area contributed by atoms with E-state index in [0.717, 1.165) is 30.4 Å². The molecule has 1 aromatic rings. The summed E-state index contributed by atoms with van der Waals surface area (Å²) in [6.45, 7) is 1.72. The van der Waals surface area contributed by atoms with E-state index in [9.17, 15) is 8.42 Å². The highest BCUT2D eigenvalue weighted by Gasteiger charge is 2.25. The van der Waals surface area contributed by atoms with Gasteiger partial charge in [-0.1, -0.05) is 28.1 Å². The van der Waals surface area contributed by atoms with Crippen molar-refractivity contribution < 1.29 is 8.42 Å². The summed E-state index contributed by atoms with van der Waals surface area (Å²) in [5, 5.41) is 0.730. The van der Waals surface area contributed by atoms with Gasteiger partial charge in [0.1, 0.15) is 0 Å². The lowest BCUT2D eigenvalue weighted by Crippen LogP contribution is -2.36. The smallest absolute Gasteiger partial charge is 0.240 e. The van der Waals surface area contributed by atoms with Crippen LogP contribution in [0.1, 0.15) is 12.0 Å². The lowest BCUT2D eigenvalue weighted by atomic mass is 10.2. The SMILES string of the molecule is CN1CCC(NS(=O)(=O)c2ccc(CBr)cc2)C1. The fourth-order valence-corrected chi connectivity index (χ4v) is 3.71. The average Bonchev–Trinajstić information content (AvgIpc) is 2.74. The van der Waals surface area contributed by atoms with Crippen LogP contribution in [-0.2, 0) is 15.4 Å². The van der Waals surface area contributed by atoms with Crippen molar-refractivity contribution in [3.8, 4) is 0 Å². The van der Waals surface area contributed by atoms with Crippen molar-refractivity contribution in [2.75, 3.05) is 20.1 Å². The highest BCUT2D eigenvalue weighted by atomic mass is 79.9. The summed E-state index contributed by atoms with van der Waals surface area (Å²) < 4.78 is 27.1. The van der Waals surface area contributed by atoms with E-state index in [1.807, 2.05) is 19.2 Å². The van der Waals surface area contributed by atoms with Crippen molar-refractivity contribution in [3.05, 3.63) is 29.8 Å². The van der Waals surface area contributed by atoms with Gasteiger partial charge >= 0.3 is 0 Å². The zero-order valence-electron chi connectivity index (χ0n) is 10.3. The molecule has 0 amide bonds. The molecule has 1 unspecified atom stereocenters. The molecule has 1 N–H and O–H groups in total. The number of alkyl halides is 1. The van der Waals surface area contributed by atoms with Gasteiger partial charge in [-0.2, -0.15) is 0 Å². The quantitative estimate of drug-likeness (QED) is 0.851. The van der Waals surface area contributed by atoms with Gasteiger partial charge in [-0.25, -0.2) is 13.1 Å². The highest BCUT2D eigenvalue weighted by molar-refractivity contribution is 9.08. The Bertz CT molecular complexity index is 501. The molecule has 0 aromatic heterocycles. The number of hydrogen-bond donors (Lipinski definition) is 1. The van der Waals surface area contributed by atoms with E-state index in [1.165, 1.54) is 0 Å². The van der Waals surface area contributed by atoms with Crippen molar-refractivity contribution in [1.82, 2.24) is 9.62 Å². The van der Waals surface area contributed by atoms with Gasteiger partial charge in [-0.3, -0.25) is 0 Å². The first kappa shape index (κ1) is 14.0. The van der Waals surface area contributed by atoms with E-state index in [4.69, 9.17) is 0 Å². The van der Waals surface area contributed by atoms with Gasteiger partial charge in [-0.15, -0.1) is 0 Å². The number of likely N-dealkylation sites (N-methyl/N-ethyl adjacent to an activating group) is 1. The third-order valence-corrected chi connectivity index (χ3v) is 5.28. The standard InChI is InChI=1S/C12H17BrN2O2S/c1-15-7-6-11(9-15)14-18(16,17)12-4-2-10(8-13)3-5-12/h2-5,11,14H,6-9H2,1H3. The fourth-order valence-electron chi connectivity index (χ4n) is 2.08. The lowest BCUT2D eigenvalue weighted by molar-refractivity contribution is 0.407. The molecule has 0 radical (unpaired) electrons. The van der Waals surface area contributed by atoms with Crippen molar-refractivity contribution in [2.45, 2.75) is 22.7 Å². The summed E-state index contributed by atoms with van der Waals surface area (Å²) in [6.07, 6.45) is 0.870. The second-order valence-corrected chi connectivity index (χ2v) is 6.92. The van der Waals surface area contributed by atoms with Gasteiger partial charge in [0, 0.05) is 17.9 Å². The average molecular weight is 333 g/mol. The maximum absolute atomic E-state index is 12.2. The molecule has 6 heteroatoms. The molecular formula is C12H17BrN2O2S. The predicted molar refractivity (Wildman–Crippen MR) is 75.3 cm³/mol. The van der Waals surface area contributed by atoms with E-state index in [2.05, 4.69) is 25.6 Å². The number of likely N-dealkylation sites (tertiary alicyclic amines) is 1. The monoisotopic (exact) mass is 332 g/mol. The van der Waals surface area contributed by atoms with Gasteiger partial charge < -0.3 is 4.90 Å². The molecule has 100 valence electrons. The van der Waals surface area contributed by atoms with Crippen LogP contribution in [0.2, 0.25) is 0 Å². The Morgan fingerprint density at radius 3 is 2.56 bits per heavy atom. The minimum absolute atomic E-state index is 0.0239. The predicted octanol–water partition coefficient (Wildman–Crippen LogP) is 1.56. The van der Waals surface area contributed by atoms with Crippen LogP contribution >= 0.6 is 15.9 Å². The third-order valence-electron chi connectivity index (χ3n) is 3.10. The Morgan fingerprint density at radius 2 is 2.06 bits per heavy atom. The number of halogens is 1. The Morgan fingerprint density at radius 1 is 1.39 bits per heavy atom. The first-order valence-electron chi connectivity index (χ1n) is 5.87. The minimum atomic E-state index is -3.38. The normalized spacial score (nSPS) is 21.3. The fraction of sp³-hybridized carbons (Fsp3) is 0.500. The van der Waals surface area contributed by atoms with Crippen molar-refractivity contribution in [2.24, 2.45) is 0 Å². The van der Waals surface area contributed by atoms with Crippen LogP contribution in [0.25, 0.3) is 0 Å². The van der Waals surface area contributed by atoms with Crippen molar-refractivity contribution in [3.63, 3.8) is 0 Å². The first-order chi connectivity index (χ1) is 8.51. The van der Waals surface area contributed by atoms with Gasteiger partial charge in [0.05, 0.1) is 4.90 Å². The third kappa shape index (κ3) is 3.32. The molecule has 2 rings (SSSR count). The summed E-state index contributed by atoms with van der Waals surface area (Å²) >= 11 is 3.34. The molecule has 1 heterocycles. The number of rotatable bonds is 4. The highest BCUT2D eigenvalue weighted by Crippen LogP contribution is 2.15. The Balaban J connectivity index is 2.10. The van der Waals surface area contributed by atoms with Crippen molar-refractivity contribution in [1.29, 1.82) is 0 Å². The van der Waals surface area contributed by atoms with E-state index in [1.54, 1.807) is 12.1 Å². The summed E-state index contributed by atoms with van der Waals surface area (Å²) in [5.41, 5.74) is 1.06. The molecule has 1 atom stereocenters. The topological polar surface area (TPSA) is 49.4 Å². The molecule has 0 saturated carbocycles. The zero-order valence-corrected chi connectivity index (χ0v) is 12.7. The largest absolute Gasteiger partial charge is 0.305 e. The lowest BCUT2D eigenvalue weighted by Gasteiger charge is -2.13. The number of nitrogens with one attached hydrogen (secondary N) is 1. The maximum Gasteiger partial charge on any atom is 0.240 e. The van der Waals surface area contributed by atoms with Crippen LogP contribution in [0.3, 0.4) is 0 Å². The molecule has 0 aliphatic carbocycles. The van der Waals surface area contributed by atoms with Crippen LogP contribution in [-0.4, -0.2) is 39.5 Å². The molecule has 18 heavy (non-hydrogen) atoms. The van der Waals surface area contributed by atoms with Crippen LogP contribution in [0.4, 0.5) is 0 Å². The summed E-state index contributed by atoms with van der Waals surface area (Å²) in [6, 6.07) is 6.97. The number of hydrogen-bond acceptors (Lipinski definition) is 3.